The largest absolute Gasteiger partial charge is 0.458 e. The molecule has 1 heterocycles. The van der Waals surface area contributed by atoms with Gasteiger partial charge in [0.25, 0.3) is 0 Å². The first-order chi connectivity index (χ1) is 16.4. The van der Waals surface area contributed by atoms with Gasteiger partial charge in [-0.05, 0) is 60.2 Å². The monoisotopic (exact) mass is 482 g/mol. The predicted octanol–water partition coefficient (Wildman–Crippen LogP) is 6.71. The van der Waals surface area contributed by atoms with Crippen LogP contribution < -0.4 is 0 Å². The first-order valence-electron chi connectivity index (χ1n) is 12.6. The van der Waals surface area contributed by atoms with E-state index in [2.05, 4.69) is 63.2 Å². The SMILES string of the molecule is CC[Si](CC)(CC)OC1OC(=O)C=C1C(CCCCCc1cccc2ccccc12)OC(C)=O. The molecule has 2 aromatic rings. The molecule has 184 valence electrons. The molecule has 2 unspecified atom stereocenters. The van der Waals surface area contributed by atoms with Gasteiger partial charge < -0.3 is 13.9 Å². The summed E-state index contributed by atoms with van der Waals surface area (Å²) >= 11 is 0. The maximum atomic E-state index is 12.1. The molecule has 6 heteroatoms. The van der Waals surface area contributed by atoms with Crippen molar-refractivity contribution in [2.75, 3.05) is 0 Å². The summed E-state index contributed by atoms with van der Waals surface area (Å²) in [7, 11) is -2.00. The van der Waals surface area contributed by atoms with Crippen molar-refractivity contribution in [3.8, 4) is 0 Å². The number of rotatable bonds is 13. The summed E-state index contributed by atoms with van der Waals surface area (Å²) in [6.07, 6.45) is 4.83. The maximum Gasteiger partial charge on any atom is 0.333 e. The molecule has 0 aliphatic carbocycles. The molecule has 34 heavy (non-hydrogen) atoms. The normalized spacial score (nSPS) is 16.9. The summed E-state index contributed by atoms with van der Waals surface area (Å²) in [6.45, 7) is 7.82. The summed E-state index contributed by atoms with van der Waals surface area (Å²) in [5, 5.41) is 2.58. The number of hydrogen-bond donors (Lipinski definition) is 0. The summed E-state index contributed by atoms with van der Waals surface area (Å²) in [4.78, 5) is 24.0. The number of carbonyl (C=O) groups is 2. The molecule has 1 aliphatic heterocycles. The second-order valence-electron chi connectivity index (χ2n) is 9.11. The quantitative estimate of drug-likeness (QED) is 0.180. The Labute approximate surface area is 204 Å². The van der Waals surface area contributed by atoms with E-state index in [0.717, 1.165) is 43.8 Å². The van der Waals surface area contributed by atoms with Crippen molar-refractivity contribution in [2.24, 2.45) is 0 Å². The van der Waals surface area contributed by atoms with Crippen LogP contribution in [-0.4, -0.2) is 32.6 Å². The molecule has 0 radical (unpaired) electrons. The van der Waals surface area contributed by atoms with Gasteiger partial charge in [0, 0.05) is 18.6 Å². The standard InChI is InChI=1S/C28H38O5Si/c1-5-34(6-2,7-3)33-28-25(20-27(30)32-28)26(31-21(4)29)19-10-8-9-14-22-16-13-17-23-15-11-12-18-24(22)23/h11-13,15-18,20,26,28H,5-10,14,19H2,1-4H3. The first kappa shape index (κ1) is 26.2. The highest BCUT2D eigenvalue weighted by Crippen LogP contribution is 2.32. The predicted molar refractivity (Wildman–Crippen MR) is 138 cm³/mol. The summed E-state index contributed by atoms with van der Waals surface area (Å²) < 4.78 is 17.6. The second-order valence-corrected chi connectivity index (χ2v) is 13.8. The number of hydrogen-bond acceptors (Lipinski definition) is 5. The third-order valence-corrected chi connectivity index (χ3v) is 11.6. The topological polar surface area (TPSA) is 61.8 Å². The molecule has 2 aromatic carbocycles. The van der Waals surface area contributed by atoms with Crippen LogP contribution in [0.15, 0.2) is 54.1 Å². The molecule has 0 spiro atoms. The van der Waals surface area contributed by atoms with Crippen molar-refractivity contribution >= 4 is 31.0 Å². The fraction of sp³-hybridized carbons (Fsp3) is 0.500. The first-order valence-corrected chi connectivity index (χ1v) is 15.2. The average Bonchev–Trinajstić information content (AvgIpc) is 3.21. The van der Waals surface area contributed by atoms with Crippen molar-refractivity contribution in [2.45, 2.75) is 90.3 Å². The fourth-order valence-electron chi connectivity index (χ4n) is 4.80. The number of esters is 2. The Balaban J connectivity index is 1.61. The van der Waals surface area contributed by atoms with Gasteiger partial charge >= 0.3 is 11.9 Å². The van der Waals surface area contributed by atoms with E-state index in [9.17, 15) is 9.59 Å². The molecule has 0 N–H and O–H groups in total. The molecule has 0 bridgehead atoms. The number of fused-ring (bicyclic) bond motifs is 1. The van der Waals surface area contributed by atoms with Crippen LogP contribution in [0.5, 0.6) is 0 Å². The van der Waals surface area contributed by atoms with E-state index in [1.54, 1.807) is 0 Å². The number of benzene rings is 2. The second kappa shape index (κ2) is 12.3. The number of carbonyl (C=O) groups excluding carboxylic acids is 2. The van der Waals surface area contributed by atoms with E-state index < -0.39 is 26.7 Å². The van der Waals surface area contributed by atoms with E-state index in [0.29, 0.717) is 12.0 Å². The lowest BCUT2D eigenvalue weighted by Crippen LogP contribution is -2.42. The molecular formula is C28H38O5Si. The molecule has 0 fully saturated rings. The Hall–Kier alpha value is -2.44. The van der Waals surface area contributed by atoms with Crippen LogP contribution in [0.1, 0.15) is 58.9 Å². The van der Waals surface area contributed by atoms with Crippen LogP contribution in [0.3, 0.4) is 0 Å². The number of aryl methyl sites for hydroxylation is 1. The Morgan fingerprint density at radius 2 is 1.71 bits per heavy atom. The molecule has 2 atom stereocenters. The minimum absolute atomic E-state index is 0.357. The van der Waals surface area contributed by atoms with Crippen LogP contribution in [0.4, 0.5) is 0 Å². The van der Waals surface area contributed by atoms with Crippen molar-refractivity contribution in [1.29, 1.82) is 0 Å². The molecule has 1 aliphatic rings. The lowest BCUT2D eigenvalue weighted by atomic mass is 9.98. The zero-order valence-electron chi connectivity index (χ0n) is 21.0. The summed E-state index contributed by atoms with van der Waals surface area (Å²) in [5.74, 6) is -0.774. The molecule has 0 aromatic heterocycles. The summed E-state index contributed by atoms with van der Waals surface area (Å²) in [5.41, 5.74) is 2.02. The molecule has 0 saturated carbocycles. The van der Waals surface area contributed by atoms with Crippen LogP contribution in [0.2, 0.25) is 18.1 Å². The van der Waals surface area contributed by atoms with E-state index in [-0.39, 0.29) is 5.97 Å². The van der Waals surface area contributed by atoms with Gasteiger partial charge in [0.1, 0.15) is 6.10 Å². The minimum atomic E-state index is -2.00. The molecule has 0 saturated heterocycles. The molecular weight excluding hydrogens is 444 g/mol. The lowest BCUT2D eigenvalue weighted by molar-refractivity contribution is -0.152. The average molecular weight is 483 g/mol. The van der Waals surface area contributed by atoms with Gasteiger partial charge in [0.2, 0.25) is 6.29 Å². The van der Waals surface area contributed by atoms with Gasteiger partial charge in [-0.3, -0.25) is 4.79 Å². The highest BCUT2D eigenvalue weighted by Gasteiger charge is 2.40. The number of unbranched alkanes of at least 4 members (excludes halogenated alkanes) is 2. The number of cyclic esters (lactones) is 1. The third kappa shape index (κ3) is 6.57. The third-order valence-electron chi connectivity index (χ3n) is 7.04. The Bertz CT molecular complexity index is 997. The zero-order chi connectivity index (χ0) is 24.6. The summed E-state index contributed by atoms with van der Waals surface area (Å²) in [6, 6.07) is 17.8. The van der Waals surface area contributed by atoms with E-state index in [1.165, 1.54) is 29.3 Å². The van der Waals surface area contributed by atoms with Gasteiger partial charge in [-0.15, -0.1) is 0 Å². The lowest BCUT2D eigenvalue weighted by Gasteiger charge is -2.33. The smallest absolute Gasteiger partial charge is 0.333 e. The van der Waals surface area contributed by atoms with Crippen LogP contribution in [-0.2, 0) is 29.9 Å². The van der Waals surface area contributed by atoms with Crippen LogP contribution in [0.25, 0.3) is 10.8 Å². The highest BCUT2D eigenvalue weighted by atomic mass is 28.4. The molecule has 0 amide bonds. The number of ether oxygens (including phenoxy) is 2. The Kier molecular flexibility index (Phi) is 9.48. The van der Waals surface area contributed by atoms with Crippen LogP contribution in [0, 0.1) is 0 Å². The minimum Gasteiger partial charge on any atom is -0.458 e. The maximum absolute atomic E-state index is 12.1. The van der Waals surface area contributed by atoms with Crippen molar-refractivity contribution in [3.05, 3.63) is 59.7 Å². The highest BCUT2D eigenvalue weighted by molar-refractivity contribution is 6.73. The Morgan fingerprint density at radius 3 is 2.41 bits per heavy atom. The Morgan fingerprint density at radius 1 is 1.00 bits per heavy atom. The van der Waals surface area contributed by atoms with Gasteiger partial charge in [-0.25, -0.2) is 4.79 Å². The van der Waals surface area contributed by atoms with E-state index in [4.69, 9.17) is 13.9 Å². The fourth-order valence-corrected chi connectivity index (χ4v) is 7.44. The zero-order valence-corrected chi connectivity index (χ0v) is 22.0. The van der Waals surface area contributed by atoms with Gasteiger partial charge in [0.15, 0.2) is 8.32 Å². The molecule has 5 nitrogen and oxygen atoms in total. The van der Waals surface area contributed by atoms with Crippen LogP contribution >= 0.6 is 0 Å². The molecule has 3 rings (SSSR count). The van der Waals surface area contributed by atoms with Gasteiger partial charge in [-0.2, -0.15) is 0 Å². The van der Waals surface area contributed by atoms with Crippen molar-refractivity contribution in [1.82, 2.24) is 0 Å². The van der Waals surface area contributed by atoms with Crippen molar-refractivity contribution < 1.29 is 23.5 Å². The van der Waals surface area contributed by atoms with Crippen molar-refractivity contribution in [3.63, 3.8) is 0 Å². The van der Waals surface area contributed by atoms with Gasteiger partial charge in [0.05, 0.1) is 0 Å². The van der Waals surface area contributed by atoms with E-state index >= 15 is 0 Å². The van der Waals surface area contributed by atoms with E-state index in [1.807, 2.05) is 0 Å². The van der Waals surface area contributed by atoms with Gasteiger partial charge in [-0.1, -0.05) is 69.7 Å².